The Hall–Kier alpha value is -1.81. The highest BCUT2D eigenvalue weighted by Gasteiger charge is 2.19. The Morgan fingerprint density at radius 1 is 0.950 bits per heavy atom. The number of nitrogens with one attached hydrogen (secondary N) is 1. The van der Waals surface area contributed by atoms with E-state index in [9.17, 15) is 13.2 Å². The van der Waals surface area contributed by atoms with E-state index in [2.05, 4.69) is 5.32 Å². The predicted octanol–water partition coefficient (Wildman–Crippen LogP) is 4.00. The molecule has 0 aliphatic rings. The average Bonchev–Trinajstić information content (AvgIpc) is 2.48. The fourth-order valence-electron chi connectivity index (χ4n) is 2.22. The number of benzene rings is 2. The molecule has 0 aliphatic carbocycles. The second-order valence-electron chi connectivity index (χ2n) is 4.63. The van der Waals surface area contributed by atoms with E-state index in [1.807, 2.05) is 30.3 Å². The monoisotopic (exact) mass is 279 g/mol. The van der Waals surface area contributed by atoms with Crippen LogP contribution >= 0.6 is 0 Å². The largest absolute Gasteiger partial charge is 0.313 e. The Kier molecular flexibility index (Phi) is 4.79. The van der Waals surface area contributed by atoms with E-state index >= 15 is 0 Å². The van der Waals surface area contributed by atoms with Crippen LogP contribution in [0, 0.1) is 17.5 Å². The molecule has 20 heavy (non-hydrogen) atoms. The van der Waals surface area contributed by atoms with Gasteiger partial charge in [-0.2, -0.15) is 0 Å². The van der Waals surface area contributed by atoms with Gasteiger partial charge < -0.3 is 5.32 Å². The van der Waals surface area contributed by atoms with Crippen LogP contribution in [-0.4, -0.2) is 7.05 Å². The van der Waals surface area contributed by atoms with Gasteiger partial charge in [0.05, 0.1) is 0 Å². The minimum absolute atomic E-state index is 0.155. The molecular formula is C16H16F3N. The van der Waals surface area contributed by atoms with Crippen LogP contribution in [0.5, 0.6) is 0 Å². The Labute approximate surface area is 116 Å². The van der Waals surface area contributed by atoms with Crippen LogP contribution in [-0.2, 0) is 6.42 Å². The minimum Gasteiger partial charge on any atom is -0.313 e. The van der Waals surface area contributed by atoms with Crippen LogP contribution in [0.4, 0.5) is 13.2 Å². The van der Waals surface area contributed by atoms with Gasteiger partial charge in [-0.15, -0.1) is 0 Å². The summed E-state index contributed by atoms with van der Waals surface area (Å²) in [4.78, 5) is 0. The van der Waals surface area contributed by atoms with Gasteiger partial charge in [-0.25, -0.2) is 13.2 Å². The highest BCUT2D eigenvalue weighted by atomic mass is 19.2. The molecule has 0 aromatic heterocycles. The van der Waals surface area contributed by atoms with Gasteiger partial charge in [-0.1, -0.05) is 36.4 Å². The number of hydrogen-bond donors (Lipinski definition) is 1. The lowest BCUT2D eigenvalue weighted by molar-refractivity contribution is 0.424. The van der Waals surface area contributed by atoms with E-state index in [-0.39, 0.29) is 11.6 Å². The Morgan fingerprint density at radius 3 is 2.30 bits per heavy atom. The molecule has 0 radical (unpaired) electrons. The van der Waals surface area contributed by atoms with Crippen molar-refractivity contribution in [2.75, 3.05) is 7.05 Å². The average molecular weight is 279 g/mol. The lowest BCUT2D eigenvalue weighted by Crippen LogP contribution is -2.19. The third-order valence-corrected chi connectivity index (χ3v) is 3.35. The molecule has 0 saturated heterocycles. The summed E-state index contributed by atoms with van der Waals surface area (Å²) in [6, 6.07) is 11.6. The van der Waals surface area contributed by atoms with Crippen molar-refractivity contribution < 1.29 is 13.2 Å². The van der Waals surface area contributed by atoms with E-state index in [0.29, 0.717) is 6.42 Å². The predicted molar refractivity (Wildman–Crippen MR) is 72.9 cm³/mol. The minimum atomic E-state index is -1.41. The van der Waals surface area contributed by atoms with Crippen molar-refractivity contribution in [1.29, 1.82) is 0 Å². The standard InChI is InChI=1S/C16H16F3N/c1-20-14(10-7-11-5-3-2-4-6-11)12-8-9-13(17)16(19)15(12)18/h2-6,8-9,14,20H,7,10H2,1H3. The zero-order chi connectivity index (χ0) is 14.5. The first-order valence-electron chi connectivity index (χ1n) is 6.48. The summed E-state index contributed by atoms with van der Waals surface area (Å²) in [7, 11) is 1.68. The van der Waals surface area contributed by atoms with E-state index in [1.165, 1.54) is 6.07 Å². The van der Waals surface area contributed by atoms with Crippen molar-refractivity contribution in [2.45, 2.75) is 18.9 Å². The molecule has 2 aromatic carbocycles. The molecule has 2 rings (SSSR count). The Morgan fingerprint density at radius 2 is 1.65 bits per heavy atom. The SMILES string of the molecule is CNC(CCc1ccccc1)c1ccc(F)c(F)c1F. The van der Waals surface area contributed by atoms with E-state index in [4.69, 9.17) is 0 Å². The van der Waals surface area contributed by atoms with Gasteiger partial charge >= 0.3 is 0 Å². The fraction of sp³-hybridized carbons (Fsp3) is 0.250. The number of halogens is 3. The van der Waals surface area contributed by atoms with Gasteiger partial charge in [0.25, 0.3) is 0 Å². The number of hydrogen-bond acceptors (Lipinski definition) is 1. The third kappa shape index (κ3) is 3.20. The molecule has 106 valence electrons. The highest BCUT2D eigenvalue weighted by molar-refractivity contribution is 5.24. The quantitative estimate of drug-likeness (QED) is 0.816. The van der Waals surface area contributed by atoms with Crippen LogP contribution in [0.1, 0.15) is 23.6 Å². The molecule has 1 nitrogen and oxygen atoms in total. The molecule has 1 N–H and O–H groups in total. The van der Waals surface area contributed by atoms with Gasteiger partial charge in [0.1, 0.15) is 0 Å². The molecule has 4 heteroatoms. The van der Waals surface area contributed by atoms with E-state index < -0.39 is 17.5 Å². The van der Waals surface area contributed by atoms with Gasteiger partial charge in [-0.3, -0.25) is 0 Å². The summed E-state index contributed by atoms with van der Waals surface area (Å²) >= 11 is 0. The van der Waals surface area contributed by atoms with Gasteiger partial charge in [-0.05, 0) is 31.5 Å². The van der Waals surface area contributed by atoms with Crippen molar-refractivity contribution in [3.05, 3.63) is 71.0 Å². The molecule has 0 amide bonds. The maximum atomic E-state index is 13.8. The molecule has 0 fully saturated rings. The van der Waals surface area contributed by atoms with Crippen LogP contribution in [0.25, 0.3) is 0 Å². The number of rotatable bonds is 5. The lowest BCUT2D eigenvalue weighted by Gasteiger charge is -2.17. The van der Waals surface area contributed by atoms with Gasteiger partial charge in [0, 0.05) is 11.6 Å². The first kappa shape index (κ1) is 14.6. The summed E-state index contributed by atoms with van der Waals surface area (Å²) in [5.41, 5.74) is 1.28. The fourth-order valence-corrected chi connectivity index (χ4v) is 2.22. The molecule has 0 spiro atoms. The summed E-state index contributed by atoms with van der Waals surface area (Å²) < 4.78 is 40.0. The van der Waals surface area contributed by atoms with E-state index in [0.717, 1.165) is 18.1 Å². The van der Waals surface area contributed by atoms with Crippen molar-refractivity contribution >= 4 is 0 Å². The topological polar surface area (TPSA) is 12.0 Å². The van der Waals surface area contributed by atoms with Crippen LogP contribution in [0.15, 0.2) is 42.5 Å². The second-order valence-corrected chi connectivity index (χ2v) is 4.63. The lowest BCUT2D eigenvalue weighted by atomic mass is 9.98. The van der Waals surface area contributed by atoms with Gasteiger partial charge in [0.15, 0.2) is 17.5 Å². The molecule has 0 heterocycles. The maximum Gasteiger partial charge on any atom is 0.194 e. The summed E-state index contributed by atoms with van der Waals surface area (Å²) in [5.74, 6) is -3.69. The Balaban J connectivity index is 2.15. The zero-order valence-electron chi connectivity index (χ0n) is 11.2. The van der Waals surface area contributed by atoms with Crippen LogP contribution in [0.2, 0.25) is 0 Å². The smallest absolute Gasteiger partial charge is 0.194 e. The van der Waals surface area contributed by atoms with Crippen LogP contribution in [0.3, 0.4) is 0 Å². The molecular weight excluding hydrogens is 263 g/mol. The molecule has 0 bridgehead atoms. The number of aryl methyl sites for hydroxylation is 1. The molecule has 0 saturated carbocycles. The van der Waals surface area contributed by atoms with Crippen molar-refractivity contribution in [3.8, 4) is 0 Å². The van der Waals surface area contributed by atoms with Gasteiger partial charge in [0.2, 0.25) is 0 Å². The van der Waals surface area contributed by atoms with E-state index in [1.54, 1.807) is 7.05 Å². The molecule has 1 unspecified atom stereocenters. The maximum absolute atomic E-state index is 13.8. The van der Waals surface area contributed by atoms with Crippen molar-refractivity contribution in [3.63, 3.8) is 0 Å². The summed E-state index contributed by atoms with van der Waals surface area (Å²) in [6.07, 6.45) is 1.33. The Bertz CT molecular complexity index is 569. The first-order chi connectivity index (χ1) is 9.63. The van der Waals surface area contributed by atoms with Crippen molar-refractivity contribution in [1.82, 2.24) is 5.32 Å². The van der Waals surface area contributed by atoms with Crippen molar-refractivity contribution in [2.24, 2.45) is 0 Å². The molecule has 0 aliphatic heterocycles. The first-order valence-corrected chi connectivity index (χ1v) is 6.48. The summed E-state index contributed by atoms with van der Waals surface area (Å²) in [6.45, 7) is 0. The molecule has 2 aromatic rings. The van der Waals surface area contributed by atoms with Crippen LogP contribution < -0.4 is 5.32 Å². The third-order valence-electron chi connectivity index (χ3n) is 3.35. The normalized spacial score (nSPS) is 12.4. The summed E-state index contributed by atoms with van der Waals surface area (Å²) in [5, 5.41) is 2.95. The highest BCUT2D eigenvalue weighted by Crippen LogP contribution is 2.24. The molecule has 1 atom stereocenters. The zero-order valence-corrected chi connectivity index (χ0v) is 11.2. The second kappa shape index (κ2) is 6.57.